The number of likely N-dealkylation sites (N-methyl/N-ethyl adjacent to an activating group) is 1. The van der Waals surface area contributed by atoms with Crippen LogP contribution in [0.25, 0.3) is 0 Å². The van der Waals surface area contributed by atoms with Crippen LogP contribution in [0.4, 0.5) is 4.39 Å². The van der Waals surface area contributed by atoms with Gasteiger partial charge >= 0.3 is 0 Å². The van der Waals surface area contributed by atoms with Crippen molar-refractivity contribution in [3.8, 4) is 0 Å². The molecule has 0 amide bonds. The SMILES string of the molecule is C=C/C(Cl)=C(/CNC)C(=C)F. The lowest BCUT2D eigenvalue weighted by atomic mass is 10.2. The van der Waals surface area contributed by atoms with Gasteiger partial charge < -0.3 is 5.32 Å². The van der Waals surface area contributed by atoms with Crippen LogP contribution in [0.15, 0.2) is 35.7 Å². The standard InChI is InChI=1S/C8H11ClFN/c1-4-8(9)7(5-11-3)6(2)10/h4,11H,1-2,5H2,3H3/b8-7+. The van der Waals surface area contributed by atoms with Crippen LogP contribution in [0, 0.1) is 0 Å². The molecule has 0 aromatic heterocycles. The zero-order chi connectivity index (χ0) is 8.85. The molecule has 0 aliphatic rings. The van der Waals surface area contributed by atoms with Crippen LogP contribution >= 0.6 is 11.6 Å². The van der Waals surface area contributed by atoms with E-state index < -0.39 is 5.83 Å². The summed E-state index contributed by atoms with van der Waals surface area (Å²) in [5.74, 6) is -0.524. The molecule has 1 nitrogen and oxygen atoms in total. The summed E-state index contributed by atoms with van der Waals surface area (Å²) in [6.07, 6.45) is 1.39. The van der Waals surface area contributed by atoms with Crippen LogP contribution in [-0.2, 0) is 0 Å². The van der Waals surface area contributed by atoms with Gasteiger partial charge in [-0.3, -0.25) is 0 Å². The number of nitrogens with one attached hydrogen (secondary N) is 1. The summed E-state index contributed by atoms with van der Waals surface area (Å²) in [5.41, 5.74) is 0.351. The van der Waals surface area contributed by atoms with Crippen LogP contribution in [-0.4, -0.2) is 13.6 Å². The first-order valence-corrected chi connectivity index (χ1v) is 3.51. The maximum atomic E-state index is 12.6. The fourth-order valence-corrected chi connectivity index (χ4v) is 0.779. The fourth-order valence-electron chi connectivity index (χ4n) is 0.610. The molecule has 0 heterocycles. The topological polar surface area (TPSA) is 12.0 Å². The van der Waals surface area contributed by atoms with Crippen molar-refractivity contribution in [1.29, 1.82) is 0 Å². The second-order valence-corrected chi connectivity index (χ2v) is 2.37. The number of hydrogen-bond acceptors (Lipinski definition) is 1. The number of rotatable bonds is 4. The van der Waals surface area contributed by atoms with Crippen molar-refractivity contribution in [3.05, 3.63) is 35.7 Å². The van der Waals surface area contributed by atoms with Gasteiger partial charge in [0.05, 0.1) is 0 Å². The number of hydrogen-bond donors (Lipinski definition) is 1. The summed E-state index contributed by atoms with van der Waals surface area (Å²) in [7, 11) is 1.70. The quantitative estimate of drug-likeness (QED) is 0.647. The second-order valence-electron chi connectivity index (χ2n) is 1.97. The average Bonchev–Trinajstić information content (AvgIpc) is 1.98. The summed E-state index contributed by atoms with van der Waals surface area (Å²) in [6, 6.07) is 0. The minimum absolute atomic E-state index is 0.298. The molecule has 1 N–H and O–H groups in total. The Morgan fingerprint density at radius 3 is 2.55 bits per heavy atom. The molecule has 0 saturated carbocycles. The third kappa shape index (κ3) is 3.35. The molecule has 0 unspecified atom stereocenters. The molecule has 0 fully saturated rings. The van der Waals surface area contributed by atoms with E-state index in [2.05, 4.69) is 18.5 Å². The van der Waals surface area contributed by atoms with Gasteiger partial charge in [-0.1, -0.05) is 30.8 Å². The van der Waals surface area contributed by atoms with Crippen LogP contribution < -0.4 is 5.32 Å². The van der Waals surface area contributed by atoms with E-state index in [1.807, 2.05) is 0 Å². The Morgan fingerprint density at radius 2 is 2.27 bits per heavy atom. The van der Waals surface area contributed by atoms with Crippen LogP contribution in [0.3, 0.4) is 0 Å². The molecule has 0 rings (SSSR count). The monoisotopic (exact) mass is 175 g/mol. The lowest BCUT2D eigenvalue weighted by Gasteiger charge is -2.03. The molecule has 0 aromatic rings. The Bertz CT molecular complexity index is 196. The molecule has 0 atom stereocenters. The maximum absolute atomic E-state index is 12.6. The van der Waals surface area contributed by atoms with E-state index in [0.717, 1.165) is 0 Å². The Hall–Kier alpha value is -0.600. The van der Waals surface area contributed by atoms with Gasteiger partial charge in [0.25, 0.3) is 0 Å². The van der Waals surface area contributed by atoms with E-state index in [1.165, 1.54) is 6.08 Å². The van der Waals surface area contributed by atoms with Crippen molar-refractivity contribution in [3.63, 3.8) is 0 Å². The summed E-state index contributed by atoms with van der Waals surface area (Å²) in [5, 5.41) is 3.07. The molecule has 0 bridgehead atoms. The van der Waals surface area contributed by atoms with E-state index in [4.69, 9.17) is 11.6 Å². The fraction of sp³-hybridized carbons (Fsp3) is 0.250. The molecule has 0 radical (unpaired) electrons. The van der Waals surface area contributed by atoms with E-state index in [0.29, 0.717) is 17.2 Å². The molecule has 0 spiro atoms. The minimum atomic E-state index is -0.524. The summed E-state index contributed by atoms with van der Waals surface area (Å²) >= 11 is 5.63. The average molecular weight is 176 g/mol. The highest BCUT2D eigenvalue weighted by molar-refractivity contribution is 6.31. The molecular formula is C8H11ClFN. The van der Waals surface area contributed by atoms with Crippen LogP contribution in [0.2, 0.25) is 0 Å². The second kappa shape index (κ2) is 5.10. The smallest absolute Gasteiger partial charge is 0.122 e. The van der Waals surface area contributed by atoms with E-state index in [9.17, 15) is 4.39 Å². The third-order valence-electron chi connectivity index (χ3n) is 1.15. The predicted molar refractivity (Wildman–Crippen MR) is 47.3 cm³/mol. The van der Waals surface area contributed by atoms with Crippen molar-refractivity contribution < 1.29 is 4.39 Å². The van der Waals surface area contributed by atoms with Crippen molar-refractivity contribution in [2.75, 3.05) is 13.6 Å². The minimum Gasteiger partial charge on any atom is -0.316 e. The summed E-state index contributed by atoms with van der Waals surface area (Å²) in [4.78, 5) is 0. The Morgan fingerprint density at radius 1 is 1.73 bits per heavy atom. The Labute approximate surface area is 71.2 Å². The van der Waals surface area contributed by atoms with E-state index in [-0.39, 0.29) is 0 Å². The largest absolute Gasteiger partial charge is 0.316 e. The van der Waals surface area contributed by atoms with Gasteiger partial charge in [0.15, 0.2) is 0 Å². The third-order valence-corrected chi connectivity index (χ3v) is 1.53. The normalized spacial score (nSPS) is 12.3. The van der Waals surface area contributed by atoms with Gasteiger partial charge in [-0.05, 0) is 7.05 Å². The van der Waals surface area contributed by atoms with Crippen LogP contribution in [0.1, 0.15) is 0 Å². The zero-order valence-corrected chi connectivity index (χ0v) is 7.21. The first-order chi connectivity index (χ1) is 5.13. The first kappa shape index (κ1) is 10.4. The first-order valence-electron chi connectivity index (χ1n) is 3.14. The lowest BCUT2D eigenvalue weighted by Crippen LogP contribution is -2.11. The van der Waals surface area contributed by atoms with Crippen molar-refractivity contribution in [2.45, 2.75) is 0 Å². The Balaban J connectivity index is 4.56. The molecule has 62 valence electrons. The number of halogens is 2. The van der Waals surface area contributed by atoms with E-state index >= 15 is 0 Å². The Kier molecular flexibility index (Phi) is 4.83. The molecule has 0 aromatic carbocycles. The predicted octanol–water partition coefficient (Wildman–Crippen LogP) is 2.37. The highest BCUT2D eigenvalue weighted by Crippen LogP contribution is 2.17. The molecule has 3 heteroatoms. The van der Waals surface area contributed by atoms with Crippen LogP contribution in [0.5, 0.6) is 0 Å². The molecular weight excluding hydrogens is 165 g/mol. The highest BCUT2D eigenvalue weighted by Gasteiger charge is 2.04. The van der Waals surface area contributed by atoms with Gasteiger partial charge in [0.1, 0.15) is 5.83 Å². The van der Waals surface area contributed by atoms with Gasteiger partial charge in [0, 0.05) is 17.2 Å². The van der Waals surface area contributed by atoms with Gasteiger partial charge in [-0.2, -0.15) is 0 Å². The van der Waals surface area contributed by atoms with Crippen molar-refractivity contribution >= 4 is 11.6 Å². The summed E-state index contributed by atoms with van der Waals surface area (Å²) in [6.45, 7) is 6.93. The van der Waals surface area contributed by atoms with Gasteiger partial charge in [-0.25, -0.2) is 4.39 Å². The van der Waals surface area contributed by atoms with Gasteiger partial charge in [0.2, 0.25) is 0 Å². The maximum Gasteiger partial charge on any atom is 0.122 e. The molecule has 0 saturated heterocycles. The van der Waals surface area contributed by atoms with Gasteiger partial charge in [-0.15, -0.1) is 0 Å². The lowest BCUT2D eigenvalue weighted by molar-refractivity contribution is 0.642. The van der Waals surface area contributed by atoms with Crippen molar-refractivity contribution in [2.24, 2.45) is 0 Å². The summed E-state index contributed by atoms with van der Waals surface area (Å²) < 4.78 is 12.6. The molecule has 0 aliphatic heterocycles. The highest BCUT2D eigenvalue weighted by atomic mass is 35.5. The van der Waals surface area contributed by atoms with E-state index in [1.54, 1.807) is 7.05 Å². The molecule has 0 aliphatic carbocycles. The van der Waals surface area contributed by atoms with Crippen molar-refractivity contribution in [1.82, 2.24) is 5.32 Å². The molecule has 11 heavy (non-hydrogen) atoms. The number of allylic oxidation sites excluding steroid dienone is 2. The zero-order valence-electron chi connectivity index (χ0n) is 6.45.